The second-order valence-corrected chi connectivity index (χ2v) is 8.01. The Balaban J connectivity index is 2.29. The van der Waals surface area contributed by atoms with Crippen molar-refractivity contribution in [3.8, 4) is 23.3 Å². The third kappa shape index (κ3) is 3.73. The highest BCUT2D eigenvalue weighted by atomic mass is 32.2. The number of aliphatic imine (C=N–C) groups is 1. The molecule has 2 aliphatic rings. The number of carbonyl (C=O) groups is 1. The van der Waals surface area contributed by atoms with Gasteiger partial charge in [-0.1, -0.05) is 0 Å². The molecule has 0 radical (unpaired) electrons. The molecule has 0 unspecified atom stereocenters. The molecule has 1 amide bonds. The molecule has 170 valence electrons. The Morgan fingerprint density at radius 1 is 1.22 bits per heavy atom. The van der Waals surface area contributed by atoms with Gasteiger partial charge in [0.2, 0.25) is 5.75 Å². The lowest BCUT2D eigenvalue weighted by molar-refractivity contribution is -0.127. The molecule has 0 aliphatic carbocycles. The number of hydrogen-bond acceptors (Lipinski definition) is 9. The van der Waals surface area contributed by atoms with Crippen molar-refractivity contribution in [1.29, 1.82) is 5.26 Å². The molecule has 3 rings (SSSR count). The molecule has 2 aliphatic heterocycles. The zero-order valence-electron chi connectivity index (χ0n) is 19.1. The van der Waals surface area contributed by atoms with Crippen LogP contribution in [0.15, 0.2) is 39.1 Å². The number of benzene rings is 1. The summed E-state index contributed by atoms with van der Waals surface area (Å²) in [5.74, 6) is 1.46. The van der Waals surface area contributed by atoms with Crippen LogP contribution in [0.4, 0.5) is 0 Å². The first-order chi connectivity index (χ1) is 15.4. The number of fused-ring (bicyclic) bond motifs is 1. The molecular formula is C22H27N5O4S. The van der Waals surface area contributed by atoms with Crippen molar-refractivity contribution in [2.75, 3.05) is 34.4 Å². The maximum Gasteiger partial charge on any atom is 0.254 e. The van der Waals surface area contributed by atoms with Gasteiger partial charge in [0.25, 0.3) is 5.91 Å². The number of amides is 1. The van der Waals surface area contributed by atoms with Crippen LogP contribution in [0.3, 0.4) is 0 Å². The van der Waals surface area contributed by atoms with Crippen molar-refractivity contribution < 1.29 is 19.0 Å². The van der Waals surface area contributed by atoms with Gasteiger partial charge in [0.1, 0.15) is 16.8 Å². The average Bonchev–Trinajstić information content (AvgIpc) is 3.12. The van der Waals surface area contributed by atoms with E-state index in [0.29, 0.717) is 57.2 Å². The predicted molar refractivity (Wildman–Crippen MR) is 123 cm³/mol. The summed E-state index contributed by atoms with van der Waals surface area (Å²) in [6, 6.07) is 5.08. The highest BCUT2D eigenvalue weighted by Crippen LogP contribution is 2.48. The Bertz CT molecular complexity index is 1040. The summed E-state index contributed by atoms with van der Waals surface area (Å²) in [6.45, 7) is 6.75. The summed E-state index contributed by atoms with van der Waals surface area (Å²) in [4.78, 5) is 22.0. The number of amidine groups is 1. The molecule has 0 spiro atoms. The number of hydrogen-bond donors (Lipinski definition) is 1. The Kier molecular flexibility index (Phi) is 6.89. The van der Waals surface area contributed by atoms with E-state index in [1.165, 1.54) is 33.1 Å². The molecule has 0 saturated carbocycles. The van der Waals surface area contributed by atoms with E-state index >= 15 is 0 Å². The molecule has 9 nitrogen and oxygen atoms in total. The van der Waals surface area contributed by atoms with Gasteiger partial charge in [-0.25, -0.2) is 4.99 Å². The summed E-state index contributed by atoms with van der Waals surface area (Å²) < 4.78 is 16.5. The maximum atomic E-state index is 13.6. The van der Waals surface area contributed by atoms with E-state index in [0.717, 1.165) is 0 Å². The monoisotopic (exact) mass is 457 g/mol. The van der Waals surface area contributed by atoms with Gasteiger partial charge in [-0.3, -0.25) is 9.69 Å². The smallest absolute Gasteiger partial charge is 0.254 e. The minimum absolute atomic E-state index is 0.141. The van der Waals surface area contributed by atoms with Crippen molar-refractivity contribution >= 4 is 22.8 Å². The first kappa shape index (κ1) is 23.3. The minimum Gasteiger partial charge on any atom is -0.493 e. The Morgan fingerprint density at radius 2 is 1.81 bits per heavy atom. The molecule has 2 heterocycles. The van der Waals surface area contributed by atoms with E-state index in [1.807, 2.05) is 13.8 Å². The van der Waals surface area contributed by atoms with Crippen LogP contribution in [0.2, 0.25) is 0 Å². The number of likely N-dealkylation sites (N-methyl/N-ethyl adjacent to an activating group) is 1. The third-order valence-corrected chi connectivity index (χ3v) is 6.44. The number of ether oxygens (including phenoxy) is 3. The number of rotatable bonds is 7. The normalized spacial score (nSPS) is 17.6. The number of thioether (sulfide) groups is 1. The van der Waals surface area contributed by atoms with E-state index < -0.39 is 6.04 Å². The molecule has 0 aromatic heterocycles. The van der Waals surface area contributed by atoms with Crippen molar-refractivity contribution in [3.63, 3.8) is 0 Å². The third-order valence-electron chi connectivity index (χ3n) is 5.46. The van der Waals surface area contributed by atoms with Gasteiger partial charge in [0.05, 0.1) is 38.6 Å². The number of carbonyl (C=O) groups excluding carboxylic acids is 1. The lowest BCUT2D eigenvalue weighted by Gasteiger charge is -2.37. The zero-order valence-corrected chi connectivity index (χ0v) is 19.9. The summed E-state index contributed by atoms with van der Waals surface area (Å²) in [5, 5.41) is 10.1. The molecule has 0 bridgehead atoms. The number of nitriles is 1. The second kappa shape index (κ2) is 9.44. The fraction of sp³-hybridized carbons (Fsp3) is 0.409. The summed E-state index contributed by atoms with van der Waals surface area (Å²) in [7, 11) is 4.60. The fourth-order valence-corrected chi connectivity index (χ4v) is 4.79. The van der Waals surface area contributed by atoms with Gasteiger partial charge < -0.3 is 24.8 Å². The highest BCUT2D eigenvalue weighted by molar-refractivity contribution is 8.17. The molecule has 0 saturated heterocycles. The van der Waals surface area contributed by atoms with Gasteiger partial charge >= 0.3 is 0 Å². The molecule has 0 fully saturated rings. The van der Waals surface area contributed by atoms with Crippen molar-refractivity contribution in [2.24, 2.45) is 10.7 Å². The SMILES string of the molecule is CCN(CC)C(=O)C1=C(C)N=C2SC(C#N)=C(N)N2[C@@H]1c1cc(OC)c(OC)c(OC)c1. The standard InChI is InChI=1S/C22H27N5O4S/c1-7-26(8-2)21(28)17-12(3)25-22-27(20(24)16(11-23)32-22)18(17)13-9-14(29-4)19(31-6)15(10-13)30-5/h9-10,18H,7-8,24H2,1-6H3/t18-/m1/s1. The lowest BCUT2D eigenvalue weighted by atomic mass is 9.92. The second-order valence-electron chi connectivity index (χ2n) is 7.03. The number of allylic oxidation sites excluding steroid dienone is 2. The number of nitrogens with two attached hydrogens (primary N) is 1. The van der Waals surface area contributed by atoms with Crippen LogP contribution in [0.1, 0.15) is 32.4 Å². The average molecular weight is 458 g/mol. The van der Waals surface area contributed by atoms with Crippen LogP contribution in [0, 0.1) is 11.3 Å². The Labute approximate surface area is 192 Å². The maximum absolute atomic E-state index is 13.6. The number of nitrogens with zero attached hydrogens (tertiary/aromatic N) is 4. The molecule has 1 aromatic rings. The van der Waals surface area contributed by atoms with Gasteiger partial charge in [0, 0.05) is 13.1 Å². The van der Waals surface area contributed by atoms with Crippen LogP contribution in [0.5, 0.6) is 17.2 Å². The molecular weight excluding hydrogens is 430 g/mol. The zero-order chi connectivity index (χ0) is 23.6. The highest BCUT2D eigenvalue weighted by Gasteiger charge is 2.43. The van der Waals surface area contributed by atoms with E-state index in [4.69, 9.17) is 19.9 Å². The van der Waals surface area contributed by atoms with Crippen LogP contribution in [0.25, 0.3) is 0 Å². The lowest BCUT2D eigenvalue weighted by Crippen LogP contribution is -2.42. The van der Waals surface area contributed by atoms with Crippen LogP contribution >= 0.6 is 11.8 Å². The van der Waals surface area contributed by atoms with E-state index in [-0.39, 0.29) is 11.7 Å². The largest absolute Gasteiger partial charge is 0.493 e. The quantitative estimate of drug-likeness (QED) is 0.665. The van der Waals surface area contributed by atoms with E-state index in [1.54, 1.807) is 28.9 Å². The van der Waals surface area contributed by atoms with Gasteiger partial charge in [-0.15, -0.1) is 0 Å². The summed E-state index contributed by atoms with van der Waals surface area (Å²) >= 11 is 1.19. The van der Waals surface area contributed by atoms with Crippen molar-refractivity contribution in [1.82, 2.24) is 9.80 Å². The van der Waals surface area contributed by atoms with Crippen LogP contribution in [-0.2, 0) is 4.79 Å². The summed E-state index contributed by atoms with van der Waals surface area (Å²) in [6.07, 6.45) is 0. The first-order valence-corrected chi connectivity index (χ1v) is 10.9. The van der Waals surface area contributed by atoms with Gasteiger partial charge in [0.15, 0.2) is 16.7 Å². The molecule has 32 heavy (non-hydrogen) atoms. The molecule has 1 aromatic carbocycles. The predicted octanol–water partition coefficient (Wildman–Crippen LogP) is 2.97. The van der Waals surface area contributed by atoms with E-state index in [9.17, 15) is 10.1 Å². The van der Waals surface area contributed by atoms with Gasteiger partial charge in [-0.2, -0.15) is 5.26 Å². The topological polar surface area (TPSA) is 113 Å². The fourth-order valence-electron chi connectivity index (χ4n) is 3.87. The molecule has 10 heteroatoms. The van der Waals surface area contributed by atoms with Crippen LogP contribution < -0.4 is 19.9 Å². The van der Waals surface area contributed by atoms with Gasteiger partial charge in [-0.05, 0) is 50.2 Å². The Morgan fingerprint density at radius 3 is 2.28 bits per heavy atom. The summed E-state index contributed by atoms with van der Waals surface area (Å²) in [5.41, 5.74) is 8.12. The van der Waals surface area contributed by atoms with Crippen molar-refractivity contribution in [2.45, 2.75) is 26.8 Å². The molecule has 1 atom stereocenters. The minimum atomic E-state index is -0.623. The van der Waals surface area contributed by atoms with Crippen LogP contribution in [-0.4, -0.2) is 55.3 Å². The Hall–Kier alpha value is -3.32. The van der Waals surface area contributed by atoms with Crippen molar-refractivity contribution in [3.05, 3.63) is 39.7 Å². The van der Waals surface area contributed by atoms with E-state index in [2.05, 4.69) is 11.1 Å². The molecule has 2 N–H and O–H groups in total. The first-order valence-electron chi connectivity index (χ1n) is 10.1. The number of methoxy groups -OCH3 is 3.